The third-order valence-corrected chi connectivity index (χ3v) is 8.17. The summed E-state index contributed by atoms with van der Waals surface area (Å²) in [7, 11) is 0. The third-order valence-electron chi connectivity index (χ3n) is 7.53. The Morgan fingerprint density at radius 1 is 0.905 bits per heavy atom. The molecule has 0 bridgehead atoms. The van der Waals surface area contributed by atoms with Gasteiger partial charge in [-0.25, -0.2) is 4.79 Å². The highest BCUT2D eigenvalue weighted by Crippen LogP contribution is 2.29. The molecule has 216 valence electrons. The predicted molar refractivity (Wildman–Crippen MR) is 171 cm³/mol. The Bertz CT molecular complexity index is 1650. The molecular weight excluding hydrogens is 542 g/mol. The molecule has 2 heterocycles. The second-order valence-corrected chi connectivity index (χ2v) is 11.4. The number of nitrogens with one attached hydrogen (secondary N) is 1. The number of nitrogens with zero attached hydrogens (tertiary/aromatic N) is 2. The van der Waals surface area contributed by atoms with Gasteiger partial charge in [-0.05, 0) is 49.8 Å². The van der Waals surface area contributed by atoms with E-state index in [-0.39, 0.29) is 12.5 Å². The number of hydrogen-bond donors (Lipinski definition) is 1. The Morgan fingerprint density at radius 2 is 1.60 bits per heavy atom. The summed E-state index contributed by atoms with van der Waals surface area (Å²) < 4.78 is 9.67. The van der Waals surface area contributed by atoms with Gasteiger partial charge in [-0.3, -0.25) is 4.79 Å². The lowest BCUT2D eigenvalue weighted by Gasteiger charge is -2.16. The number of fused-ring (bicyclic) bond motifs is 3. The molecule has 0 saturated carbocycles. The van der Waals surface area contributed by atoms with Crippen molar-refractivity contribution in [2.45, 2.75) is 45.3 Å². The van der Waals surface area contributed by atoms with Crippen LogP contribution in [0.15, 0.2) is 97.2 Å². The zero-order valence-corrected chi connectivity index (χ0v) is 25.1. The molecule has 6 nitrogen and oxygen atoms in total. The summed E-state index contributed by atoms with van der Waals surface area (Å²) in [5.41, 5.74) is 5.16. The lowest BCUT2D eigenvalue weighted by molar-refractivity contribution is -0.689. The van der Waals surface area contributed by atoms with Gasteiger partial charge < -0.3 is 14.6 Å². The molecule has 42 heavy (non-hydrogen) atoms. The summed E-state index contributed by atoms with van der Waals surface area (Å²) in [6.07, 6.45) is 6.58. The van der Waals surface area contributed by atoms with Gasteiger partial charge in [0, 0.05) is 34.5 Å². The van der Waals surface area contributed by atoms with E-state index in [2.05, 4.69) is 70.7 Å². The standard InChI is InChI=1S/C35H37N3O3S/c1-3-41-35(40)30(20-22-42-2)36-34(39)32-23-29-28-18-10-11-19-31(28)38(21-12-17-26-13-6-4-7-14-26)33(29)25-37(32)24-27-15-8-5-9-16-27/h4-11,13-16,18-19,23,25,30H,3,12,17,20-22,24H2,1-2H3/p+1/t30-/m0/s1. The van der Waals surface area contributed by atoms with Gasteiger partial charge in [0.25, 0.3) is 5.69 Å². The summed E-state index contributed by atoms with van der Waals surface area (Å²) >= 11 is 1.64. The quantitative estimate of drug-likeness (QED) is 0.134. The first kappa shape index (κ1) is 29.4. The number of hydrogen-bond acceptors (Lipinski definition) is 4. The van der Waals surface area contributed by atoms with E-state index in [1.165, 1.54) is 5.56 Å². The van der Waals surface area contributed by atoms with E-state index in [4.69, 9.17) is 4.74 Å². The van der Waals surface area contributed by atoms with Crippen molar-refractivity contribution in [1.29, 1.82) is 0 Å². The molecule has 0 aliphatic heterocycles. The molecule has 1 atom stereocenters. The van der Waals surface area contributed by atoms with E-state index in [0.717, 1.165) is 52.5 Å². The predicted octanol–water partition coefficient (Wildman–Crippen LogP) is 6.18. The second kappa shape index (κ2) is 14.2. The van der Waals surface area contributed by atoms with Crippen molar-refractivity contribution in [1.82, 2.24) is 9.88 Å². The van der Waals surface area contributed by atoms with E-state index in [1.54, 1.807) is 18.7 Å². The van der Waals surface area contributed by atoms with Crippen LogP contribution in [0.2, 0.25) is 0 Å². The summed E-state index contributed by atoms with van der Waals surface area (Å²) in [4.78, 5) is 26.6. The lowest BCUT2D eigenvalue weighted by Crippen LogP contribution is -2.49. The molecular formula is C35H38N3O3S+. The minimum atomic E-state index is -0.704. The van der Waals surface area contributed by atoms with Crippen molar-refractivity contribution in [3.63, 3.8) is 0 Å². The summed E-state index contributed by atoms with van der Waals surface area (Å²) in [5.74, 6) is 0.0574. The molecule has 3 aromatic carbocycles. The highest BCUT2D eigenvalue weighted by molar-refractivity contribution is 7.98. The van der Waals surface area contributed by atoms with Crippen LogP contribution in [0.1, 0.15) is 41.4 Å². The average molecular weight is 581 g/mol. The Balaban J connectivity index is 1.56. The SMILES string of the molecule is CCOC(=O)[C@H](CCSC)NC(=O)c1cc2c3ccccc3n(CCCc3ccccc3)c2c[n+]1Cc1ccccc1. The van der Waals surface area contributed by atoms with E-state index >= 15 is 0 Å². The van der Waals surface area contributed by atoms with Crippen LogP contribution in [0.3, 0.4) is 0 Å². The largest absolute Gasteiger partial charge is 0.464 e. The molecule has 2 aromatic heterocycles. The van der Waals surface area contributed by atoms with E-state index in [1.807, 2.05) is 47.2 Å². The molecule has 5 rings (SSSR count). The van der Waals surface area contributed by atoms with Gasteiger partial charge in [0.1, 0.15) is 11.6 Å². The zero-order chi connectivity index (χ0) is 29.3. The van der Waals surface area contributed by atoms with Crippen LogP contribution in [-0.4, -0.2) is 41.1 Å². The van der Waals surface area contributed by atoms with Crippen LogP contribution in [0.25, 0.3) is 21.8 Å². The molecule has 5 aromatic rings. The number of rotatable bonds is 13. The Kier molecular flexibility index (Phi) is 9.93. The number of benzene rings is 3. The number of pyridine rings is 1. The minimum absolute atomic E-state index is 0.272. The molecule has 0 fully saturated rings. The molecule has 1 amide bonds. The molecule has 0 unspecified atom stereocenters. The lowest BCUT2D eigenvalue weighted by atomic mass is 10.1. The minimum Gasteiger partial charge on any atom is -0.464 e. The Labute approximate surface area is 251 Å². The van der Waals surface area contributed by atoms with Crippen LogP contribution >= 0.6 is 11.8 Å². The molecule has 0 aliphatic carbocycles. The first-order valence-corrected chi connectivity index (χ1v) is 16.0. The highest BCUT2D eigenvalue weighted by Gasteiger charge is 2.29. The second-order valence-electron chi connectivity index (χ2n) is 10.4. The van der Waals surface area contributed by atoms with Gasteiger partial charge in [-0.2, -0.15) is 16.3 Å². The fourth-order valence-electron chi connectivity index (χ4n) is 5.47. The summed E-state index contributed by atoms with van der Waals surface area (Å²) in [6, 6.07) is 30.4. The van der Waals surface area contributed by atoms with Gasteiger partial charge in [0.2, 0.25) is 0 Å². The topological polar surface area (TPSA) is 64.2 Å². The van der Waals surface area contributed by atoms with Crippen molar-refractivity contribution in [3.8, 4) is 0 Å². The molecule has 7 heteroatoms. The molecule has 0 saturated heterocycles. The van der Waals surface area contributed by atoms with Gasteiger partial charge in [-0.1, -0.05) is 78.9 Å². The number of ether oxygens (including phenoxy) is 1. The molecule has 1 N–H and O–H groups in total. The van der Waals surface area contributed by atoms with E-state index < -0.39 is 12.0 Å². The van der Waals surface area contributed by atoms with Crippen molar-refractivity contribution >= 4 is 45.4 Å². The molecule has 0 aliphatic rings. The molecule has 0 spiro atoms. The van der Waals surface area contributed by atoms with Crippen molar-refractivity contribution in [2.75, 3.05) is 18.6 Å². The average Bonchev–Trinajstić information content (AvgIpc) is 3.32. The van der Waals surface area contributed by atoms with Crippen molar-refractivity contribution < 1.29 is 18.9 Å². The highest BCUT2D eigenvalue weighted by atomic mass is 32.2. The third kappa shape index (κ3) is 6.85. The monoisotopic (exact) mass is 580 g/mol. The van der Waals surface area contributed by atoms with Gasteiger partial charge in [0.05, 0.1) is 6.61 Å². The fourth-order valence-corrected chi connectivity index (χ4v) is 5.94. The van der Waals surface area contributed by atoms with Gasteiger partial charge in [0.15, 0.2) is 12.7 Å². The van der Waals surface area contributed by atoms with Crippen molar-refractivity contribution in [3.05, 3.63) is 114 Å². The number of thioether (sulfide) groups is 1. The number of para-hydroxylation sites is 1. The van der Waals surface area contributed by atoms with Crippen LogP contribution in [0, 0.1) is 0 Å². The maximum Gasteiger partial charge on any atom is 0.328 e. The maximum absolute atomic E-state index is 13.9. The smallest absolute Gasteiger partial charge is 0.328 e. The van der Waals surface area contributed by atoms with Crippen LogP contribution in [0.4, 0.5) is 0 Å². The maximum atomic E-state index is 13.9. The summed E-state index contributed by atoms with van der Waals surface area (Å²) in [6.45, 7) is 3.44. The fraction of sp³-hybridized carbons (Fsp3) is 0.286. The van der Waals surface area contributed by atoms with Crippen LogP contribution in [-0.2, 0) is 29.0 Å². The van der Waals surface area contributed by atoms with Crippen LogP contribution in [0.5, 0.6) is 0 Å². The normalized spacial score (nSPS) is 12.0. The zero-order valence-electron chi connectivity index (χ0n) is 24.3. The Morgan fingerprint density at radius 3 is 2.31 bits per heavy atom. The van der Waals surface area contributed by atoms with Gasteiger partial charge in [-0.15, -0.1) is 0 Å². The summed E-state index contributed by atoms with van der Waals surface area (Å²) in [5, 5.41) is 5.13. The number of amides is 1. The van der Waals surface area contributed by atoms with Crippen molar-refractivity contribution in [2.24, 2.45) is 0 Å². The number of aromatic nitrogens is 2. The van der Waals surface area contributed by atoms with Gasteiger partial charge >= 0.3 is 11.9 Å². The van der Waals surface area contributed by atoms with E-state index in [9.17, 15) is 9.59 Å². The first-order chi connectivity index (χ1) is 20.6. The molecule has 0 radical (unpaired) electrons. The van der Waals surface area contributed by atoms with E-state index in [0.29, 0.717) is 18.7 Å². The number of carbonyl (C=O) groups is 2. The van der Waals surface area contributed by atoms with Crippen LogP contribution < -0.4 is 9.88 Å². The first-order valence-electron chi connectivity index (χ1n) is 14.6. The number of carbonyl (C=O) groups excluding carboxylic acids is 2. The number of aryl methyl sites for hydroxylation is 2. The number of esters is 1. The Hall–Kier alpha value is -4.10.